The Bertz CT molecular complexity index is 580. The highest BCUT2D eigenvalue weighted by Gasteiger charge is 2.17. The highest BCUT2D eigenvalue weighted by Crippen LogP contribution is 2.26. The summed E-state index contributed by atoms with van der Waals surface area (Å²) in [5.74, 6) is 0.947. The molecule has 3 rings (SSSR count). The Morgan fingerprint density at radius 2 is 1.90 bits per heavy atom. The van der Waals surface area contributed by atoms with Gasteiger partial charge in [0.2, 0.25) is 0 Å². The predicted octanol–water partition coefficient (Wildman–Crippen LogP) is 2.85. The number of ether oxygens (including phenoxy) is 1. The minimum Gasteiger partial charge on any atom is -0.492 e. The lowest BCUT2D eigenvalue weighted by Crippen LogP contribution is -2.26. The molecule has 0 saturated carbocycles. The van der Waals surface area contributed by atoms with Crippen LogP contribution in [-0.4, -0.2) is 26.7 Å². The van der Waals surface area contributed by atoms with Crippen molar-refractivity contribution in [3.8, 4) is 5.75 Å². The second-order valence-electron chi connectivity index (χ2n) is 5.39. The molecule has 1 heterocycles. The van der Waals surface area contributed by atoms with E-state index in [0.29, 0.717) is 0 Å². The van der Waals surface area contributed by atoms with Gasteiger partial charge in [-0.15, -0.1) is 0 Å². The second kappa shape index (κ2) is 6.64. The molecule has 0 aliphatic carbocycles. The zero-order chi connectivity index (χ0) is 14.5. The van der Waals surface area contributed by atoms with Crippen LogP contribution in [0.4, 0.5) is 5.69 Å². The van der Waals surface area contributed by atoms with Crippen LogP contribution in [0.3, 0.4) is 0 Å². The molecule has 0 saturated heterocycles. The van der Waals surface area contributed by atoms with E-state index in [1.54, 1.807) is 0 Å². The van der Waals surface area contributed by atoms with E-state index in [1.165, 1.54) is 16.8 Å². The van der Waals surface area contributed by atoms with Crippen molar-refractivity contribution in [2.24, 2.45) is 0 Å². The molecule has 3 heteroatoms. The highest BCUT2D eigenvalue weighted by molar-refractivity contribution is 5.57. The van der Waals surface area contributed by atoms with Crippen molar-refractivity contribution in [1.82, 2.24) is 5.32 Å². The minimum absolute atomic E-state index is 0.722. The molecule has 2 aromatic rings. The van der Waals surface area contributed by atoms with Crippen LogP contribution in [0.15, 0.2) is 48.5 Å². The fraction of sp³-hybridized carbons (Fsp3) is 0.333. The summed E-state index contributed by atoms with van der Waals surface area (Å²) in [4.78, 5) is 2.41. The fourth-order valence-corrected chi connectivity index (χ4v) is 2.82. The van der Waals surface area contributed by atoms with Crippen molar-refractivity contribution in [3.63, 3.8) is 0 Å². The third kappa shape index (κ3) is 3.37. The van der Waals surface area contributed by atoms with Crippen LogP contribution >= 0.6 is 0 Å². The predicted molar refractivity (Wildman–Crippen MR) is 87.1 cm³/mol. The molecule has 0 atom stereocenters. The Morgan fingerprint density at radius 1 is 1.10 bits per heavy atom. The van der Waals surface area contributed by atoms with Gasteiger partial charge >= 0.3 is 0 Å². The second-order valence-corrected chi connectivity index (χ2v) is 5.39. The molecule has 0 spiro atoms. The number of benzene rings is 2. The van der Waals surface area contributed by atoms with Crippen LogP contribution in [0, 0.1) is 0 Å². The van der Waals surface area contributed by atoms with E-state index in [-0.39, 0.29) is 0 Å². The lowest BCUT2D eigenvalue weighted by atomic mass is 10.2. The number of para-hydroxylation sites is 1. The average molecular weight is 282 g/mol. The van der Waals surface area contributed by atoms with Crippen molar-refractivity contribution < 1.29 is 4.74 Å². The van der Waals surface area contributed by atoms with Crippen LogP contribution in [0.25, 0.3) is 0 Å². The summed E-state index contributed by atoms with van der Waals surface area (Å²) in [5, 5.41) is 3.15. The van der Waals surface area contributed by atoms with Crippen LogP contribution in [-0.2, 0) is 13.0 Å². The first-order valence-corrected chi connectivity index (χ1v) is 7.56. The Hall–Kier alpha value is -2.00. The van der Waals surface area contributed by atoms with E-state index >= 15 is 0 Å². The van der Waals surface area contributed by atoms with Crippen LogP contribution in [0.5, 0.6) is 5.75 Å². The number of hydrogen-bond donors (Lipinski definition) is 1. The number of nitrogens with one attached hydrogen (secondary N) is 1. The van der Waals surface area contributed by atoms with Crippen molar-refractivity contribution in [2.45, 2.75) is 13.0 Å². The summed E-state index contributed by atoms with van der Waals surface area (Å²) in [6.07, 6.45) is 1.15. The van der Waals surface area contributed by atoms with Gasteiger partial charge in [0.25, 0.3) is 0 Å². The molecule has 0 unspecified atom stereocenters. The van der Waals surface area contributed by atoms with Crippen molar-refractivity contribution >= 4 is 5.69 Å². The third-order valence-corrected chi connectivity index (χ3v) is 3.92. The molecule has 1 aliphatic rings. The summed E-state index contributed by atoms with van der Waals surface area (Å²) in [5.41, 5.74) is 4.10. The van der Waals surface area contributed by atoms with E-state index in [1.807, 2.05) is 19.2 Å². The van der Waals surface area contributed by atoms with Gasteiger partial charge in [-0.05, 0) is 42.8 Å². The SMILES string of the molecule is CNCc1ccc(OCCN2CCc3ccccc32)cc1. The number of anilines is 1. The van der Waals surface area contributed by atoms with Crippen LogP contribution in [0.1, 0.15) is 11.1 Å². The minimum atomic E-state index is 0.722. The summed E-state index contributed by atoms with van der Waals surface area (Å²) in [6, 6.07) is 17.0. The summed E-state index contributed by atoms with van der Waals surface area (Å²) in [6.45, 7) is 3.66. The number of rotatable bonds is 6. The van der Waals surface area contributed by atoms with Gasteiger partial charge < -0.3 is 15.0 Å². The van der Waals surface area contributed by atoms with Gasteiger partial charge in [0.1, 0.15) is 12.4 Å². The van der Waals surface area contributed by atoms with E-state index < -0.39 is 0 Å². The Labute approximate surface area is 126 Å². The lowest BCUT2D eigenvalue weighted by Gasteiger charge is -2.19. The number of fused-ring (bicyclic) bond motifs is 1. The molecule has 0 aromatic heterocycles. The molecular formula is C18H22N2O. The molecule has 0 radical (unpaired) electrons. The number of nitrogens with zero attached hydrogens (tertiary/aromatic N) is 1. The molecule has 110 valence electrons. The van der Waals surface area contributed by atoms with Gasteiger partial charge in [0.15, 0.2) is 0 Å². The van der Waals surface area contributed by atoms with Gasteiger partial charge in [-0.25, -0.2) is 0 Å². The summed E-state index contributed by atoms with van der Waals surface area (Å²) >= 11 is 0. The molecular weight excluding hydrogens is 260 g/mol. The smallest absolute Gasteiger partial charge is 0.119 e. The Kier molecular flexibility index (Phi) is 4.41. The zero-order valence-electron chi connectivity index (χ0n) is 12.5. The van der Waals surface area contributed by atoms with E-state index in [4.69, 9.17) is 4.74 Å². The Balaban J connectivity index is 1.50. The van der Waals surface area contributed by atoms with Gasteiger partial charge in [-0.3, -0.25) is 0 Å². The zero-order valence-corrected chi connectivity index (χ0v) is 12.5. The molecule has 21 heavy (non-hydrogen) atoms. The highest BCUT2D eigenvalue weighted by atomic mass is 16.5. The first-order valence-electron chi connectivity index (χ1n) is 7.56. The van der Waals surface area contributed by atoms with Crippen LogP contribution in [0.2, 0.25) is 0 Å². The first-order chi connectivity index (χ1) is 10.4. The average Bonchev–Trinajstić information content (AvgIpc) is 2.93. The fourth-order valence-electron chi connectivity index (χ4n) is 2.82. The molecule has 0 fully saturated rings. The normalized spacial score (nSPS) is 13.3. The van der Waals surface area contributed by atoms with Crippen molar-refractivity contribution in [2.75, 3.05) is 31.6 Å². The Morgan fingerprint density at radius 3 is 2.71 bits per heavy atom. The van der Waals surface area contributed by atoms with Crippen LogP contribution < -0.4 is 15.0 Å². The maximum atomic E-state index is 5.85. The van der Waals surface area contributed by atoms with Gasteiger partial charge in [0, 0.05) is 18.8 Å². The molecule has 0 amide bonds. The van der Waals surface area contributed by atoms with Gasteiger partial charge in [-0.1, -0.05) is 30.3 Å². The molecule has 1 N–H and O–H groups in total. The molecule has 3 nitrogen and oxygen atoms in total. The third-order valence-electron chi connectivity index (χ3n) is 3.92. The van der Waals surface area contributed by atoms with Gasteiger partial charge in [-0.2, -0.15) is 0 Å². The van der Waals surface area contributed by atoms with Gasteiger partial charge in [0.05, 0.1) is 6.54 Å². The van der Waals surface area contributed by atoms with E-state index in [0.717, 1.165) is 38.4 Å². The number of hydrogen-bond acceptors (Lipinski definition) is 3. The molecule has 2 aromatic carbocycles. The van der Waals surface area contributed by atoms with E-state index in [9.17, 15) is 0 Å². The molecule has 1 aliphatic heterocycles. The maximum absolute atomic E-state index is 5.85. The maximum Gasteiger partial charge on any atom is 0.119 e. The molecule has 0 bridgehead atoms. The first kappa shape index (κ1) is 14.0. The largest absolute Gasteiger partial charge is 0.492 e. The monoisotopic (exact) mass is 282 g/mol. The van der Waals surface area contributed by atoms with Crippen molar-refractivity contribution in [3.05, 3.63) is 59.7 Å². The topological polar surface area (TPSA) is 24.5 Å². The van der Waals surface area contributed by atoms with Crippen molar-refractivity contribution in [1.29, 1.82) is 0 Å². The lowest BCUT2D eigenvalue weighted by molar-refractivity contribution is 0.324. The standard InChI is InChI=1S/C18H22N2O/c1-19-14-15-6-8-17(9-7-15)21-13-12-20-11-10-16-4-2-3-5-18(16)20/h2-9,19H,10-14H2,1H3. The summed E-state index contributed by atoms with van der Waals surface area (Å²) < 4.78 is 5.85. The summed E-state index contributed by atoms with van der Waals surface area (Å²) in [7, 11) is 1.96. The quantitative estimate of drug-likeness (QED) is 0.881. The van der Waals surface area contributed by atoms with E-state index in [2.05, 4.69) is 46.6 Å².